The van der Waals surface area contributed by atoms with Crippen LogP contribution in [0, 0.1) is 17.3 Å². The Kier molecular flexibility index (Phi) is 5.03. The van der Waals surface area contributed by atoms with Gasteiger partial charge in [0, 0.05) is 31.9 Å². The largest absolute Gasteiger partial charge is 0.311 e. The fourth-order valence-corrected chi connectivity index (χ4v) is 5.15. The molecular weight excluding hydrogens is 360 g/mol. The van der Waals surface area contributed by atoms with Gasteiger partial charge in [-0.3, -0.25) is 9.48 Å². The molecule has 0 aromatic carbocycles. The molecule has 1 heterocycles. The van der Waals surface area contributed by atoms with Gasteiger partial charge in [-0.15, -0.1) is 0 Å². The van der Waals surface area contributed by atoms with Gasteiger partial charge in [-0.2, -0.15) is 5.10 Å². The van der Waals surface area contributed by atoms with Crippen molar-refractivity contribution in [2.45, 2.75) is 89.9 Å². The number of nitrogens with one attached hydrogen (secondary N) is 1. The number of aromatic nitrogens is 2. The number of anilines is 1. The van der Waals surface area contributed by atoms with Crippen molar-refractivity contribution in [3.63, 3.8) is 0 Å². The van der Waals surface area contributed by atoms with Crippen LogP contribution in [0.2, 0.25) is 0 Å². The van der Waals surface area contributed by atoms with Gasteiger partial charge in [-0.05, 0) is 55.3 Å². The molecule has 4 rings (SSSR count). The van der Waals surface area contributed by atoms with Gasteiger partial charge in [0.2, 0.25) is 11.8 Å². The molecule has 0 unspecified atom stereocenters. The van der Waals surface area contributed by atoms with Crippen LogP contribution in [-0.4, -0.2) is 21.6 Å². The summed E-state index contributed by atoms with van der Waals surface area (Å²) in [5, 5.41) is 7.80. The fourth-order valence-electron chi connectivity index (χ4n) is 5.15. The molecule has 3 saturated carbocycles. The van der Waals surface area contributed by atoms with Gasteiger partial charge in [0.15, 0.2) is 0 Å². The highest BCUT2D eigenvalue weighted by Crippen LogP contribution is 2.47. The maximum absolute atomic E-state index is 13.3. The van der Waals surface area contributed by atoms with E-state index < -0.39 is 5.92 Å². The van der Waals surface area contributed by atoms with E-state index >= 15 is 0 Å². The van der Waals surface area contributed by atoms with Gasteiger partial charge in [-0.1, -0.05) is 26.7 Å². The molecule has 6 heteroatoms. The molecule has 0 radical (unpaired) electrons. The first kappa shape index (κ1) is 19.8. The summed E-state index contributed by atoms with van der Waals surface area (Å²) in [5.41, 5.74) is 2.04. The van der Waals surface area contributed by atoms with Crippen LogP contribution >= 0.6 is 0 Å². The second-order valence-electron chi connectivity index (χ2n) is 10.1. The van der Waals surface area contributed by atoms with Gasteiger partial charge >= 0.3 is 0 Å². The number of hydrogen-bond donors (Lipinski definition) is 1. The Hall–Kier alpha value is -1.46. The van der Waals surface area contributed by atoms with E-state index in [-0.39, 0.29) is 30.1 Å². The van der Waals surface area contributed by atoms with E-state index in [1.807, 2.05) is 7.05 Å². The summed E-state index contributed by atoms with van der Waals surface area (Å²) in [6.07, 6.45) is 8.11. The van der Waals surface area contributed by atoms with Crippen LogP contribution in [0.1, 0.15) is 88.8 Å². The molecule has 1 aromatic rings. The number of halogens is 2. The Morgan fingerprint density at radius 2 is 1.86 bits per heavy atom. The second kappa shape index (κ2) is 7.10. The number of aryl methyl sites for hydroxylation is 1. The average molecular weight is 394 g/mol. The highest BCUT2D eigenvalue weighted by molar-refractivity contribution is 5.91. The lowest BCUT2D eigenvalue weighted by atomic mass is 9.66. The van der Waals surface area contributed by atoms with Crippen molar-refractivity contribution in [1.29, 1.82) is 0 Å². The Bertz CT molecular complexity index is 739. The quantitative estimate of drug-likeness (QED) is 0.671. The highest BCUT2D eigenvalue weighted by Gasteiger charge is 2.46. The van der Waals surface area contributed by atoms with Gasteiger partial charge in [0.1, 0.15) is 5.82 Å². The highest BCUT2D eigenvalue weighted by atomic mass is 19.3. The van der Waals surface area contributed by atoms with E-state index in [1.54, 1.807) is 4.68 Å². The van der Waals surface area contributed by atoms with E-state index in [2.05, 4.69) is 24.3 Å². The minimum absolute atomic E-state index is 0.00447. The van der Waals surface area contributed by atoms with E-state index in [4.69, 9.17) is 0 Å². The zero-order valence-corrected chi connectivity index (χ0v) is 17.4. The van der Waals surface area contributed by atoms with Gasteiger partial charge in [-0.25, -0.2) is 8.78 Å². The van der Waals surface area contributed by atoms with E-state index in [0.29, 0.717) is 24.7 Å². The number of hydrogen-bond acceptors (Lipinski definition) is 2. The topological polar surface area (TPSA) is 46.9 Å². The maximum Gasteiger partial charge on any atom is 0.248 e. The summed E-state index contributed by atoms with van der Waals surface area (Å²) in [4.78, 5) is 12.8. The lowest BCUT2D eigenvalue weighted by Gasteiger charge is -2.40. The number of alkyl halides is 2. The molecule has 156 valence electrons. The number of carbonyl (C=O) groups excluding carboxylic acids is 1. The minimum Gasteiger partial charge on any atom is -0.311 e. The molecule has 0 atom stereocenters. The molecule has 3 aliphatic carbocycles. The molecule has 3 fully saturated rings. The minimum atomic E-state index is -2.50. The zero-order valence-electron chi connectivity index (χ0n) is 17.4. The molecule has 1 aromatic heterocycles. The summed E-state index contributed by atoms with van der Waals surface area (Å²) in [7, 11) is 1.85. The summed E-state index contributed by atoms with van der Waals surface area (Å²) >= 11 is 0. The van der Waals surface area contributed by atoms with Gasteiger partial charge in [0.05, 0.1) is 5.69 Å². The molecule has 1 amide bonds. The Balaban J connectivity index is 1.48. The Morgan fingerprint density at radius 3 is 2.36 bits per heavy atom. The van der Waals surface area contributed by atoms with Crippen molar-refractivity contribution < 1.29 is 13.6 Å². The first-order valence-electron chi connectivity index (χ1n) is 10.9. The van der Waals surface area contributed by atoms with Crippen LogP contribution in [0.3, 0.4) is 0 Å². The average Bonchev–Trinajstić information content (AvgIpc) is 2.69. The molecule has 28 heavy (non-hydrogen) atoms. The molecule has 3 aliphatic rings. The molecule has 4 nitrogen and oxygen atoms in total. The number of rotatable bonds is 7. The van der Waals surface area contributed by atoms with Crippen LogP contribution in [0.15, 0.2) is 0 Å². The zero-order chi connectivity index (χ0) is 20.1. The van der Waals surface area contributed by atoms with Crippen LogP contribution in [0.5, 0.6) is 0 Å². The summed E-state index contributed by atoms with van der Waals surface area (Å²) in [6, 6.07) is 0. The third-order valence-corrected chi connectivity index (χ3v) is 7.41. The van der Waals surface area contributed by atoms with Crippen molar-refractivity contribution in [2.75, 3.05) is 5.32 Å². The van der Waals surface area contributed by atoms with E-state index in [1.165, 1.54) is 25.7 Å². The third kappa shape index (κ3) is 3.84. The van der Waals surface area contributed by atoms with E-state index in [0.717, 1.165) is 29.9 Å². The number of carbonyl (C=O) groups is 1. The van der Waals surface area contributed by atoms with Crippen molar-refractivity contribution in [3.8, 4) is 0 Å². The molecule has 0 spiro atoms. The molecular formula is C22H33F2N3O. The van der Waals surface area contributed by atoms with Crippen molar-refractivity contribution >= 4 is 11.7 Å². The van der Waals surface area contributed by atoms with Crippen LogP contribution in [0.4, 0.5) is 14.6 Å². The monoisotopic (exact) mass is 393 g/mol. The molecule has 1 N–H and O–H groups in total. The van der Waals surface area contributed by atoms with Gasteiger partial charge < -0.3 is 5.32 Å². The van der Waals surface area contributed by atoms with Gasteiger partial charge in [0.25, 0.3) is 0 Å². The van der Waals surface area contributed by atoms with Crippen LogP contribution in [0.25, 0.3) is 0 Å². The van der Waals surface area contributed by atoms with Crippen molar-refractivity contribution in [2.24, 2.45) is 24.3 Å². The lowest BCUT2D eigenvalue weighted by molar-refractivity contribution is -0.119. The molecule has 0 bridgehead atoms. The van der Waals surface area contributed by atoms with Crippen molar-refractivity contribution in [1.82, 2.24) is 9.78 Å². The third-order valence-electron chi connectivity index (χ3n) is 7.41. The Labute approximate surface area is 166 Å². The van der Waals surface area contributed by atoms with Crippen LogP contribution in [-0.2, 0) is 18.3 Å². The Morgan fingerprint density at radius 1 is 1.21 bits per heavy atom. The standard InChI is InChI=1S/C22H33F2N3O/c1-21(2,16-8-5-9-16)13-18(28)25-20-19(15-6-4-7-15)17(26-27(20)3)10-14-11-22(23,24)12-14/h14-16H,4-13H2,1-3H3,(H,25,28). The lowest BCUT2D eigenvalue weighted by Crippen LogP contribution is -2.36. The van der Waals surface area contributed by atoms with E-state index in [9.17, 15) is 13.6 Å². The number of amides is 1. The maximum atomic E-state index is 13.3. The second-order valence-corrected chi connectivity index (χ2v) is 10.1. The predicted molar refractivity (Wildman–Crippen MR) is 106 cm³/mol. The summed E-state index contributed by atoms with van der Waals surface area (Å²) in [6.45, 7) is 4.38. The molecule has 0 saturated heterocycles. The number of nitrogens with zero attached hydrogens (tertiary/aromatic N) is 2. The molecule has 0 aliphatic heterocycles. The van der Waals surface area contributed by atoms with Crippen LogP contribution < -0.4 is 5.32 Å². The normalized spacial score (nSPS) is 23.0. The smallest absolute Gasteiger partial charge is 0.248 e. The summed E-state index contributed by atoms with van der Waals surface area (Å²) < 4.78 is 28.3. The fraction of sp³-hybridized carbons (Fsp3) is 0.818. The predicted octanol–water partition coefficient (Wildman–Crippen LogP) is 5.43. The first-order valence-corrected chi connectivity index (χ1v) is 10.9. The van der Waals surface area contributed by atoms with Crippen molar-refractivity contribution in [3.05, 3.63) is 11.3 Å². The SMILES string of the molecule is Cn1nc(CC2CC(F)(F)C2)c(C2CCC2)c1NC(=O)CC(C)(C)C1CCC1. The summed E-state index contributed by atoms with van der Waals surface area (Å²) in [5.74, 6) is -0.626. The first-order chi connectivity index (χ1) is 13.1.